The molecule has 0 spiro atoms. The van der Waals surface area contributed by atoms with Gasteiger partial charge in [0.05, 0.1) is 19.3 Å². The number of nitrogens with one attached hydrogen (secondary N) is 2. The molecule has 1 aromatic heterocycles. The molecule has 0 aliphatic carbocycles. The van der Waals surface area contributed by atoms with Gasteiger partial charge in [-0.15, -0.1) is 0 Å². The molecule has 1 aliphatic rings. The van der Waals surface area contributed by atoms with Crippen LogP contribution in [0.2, 0.25) is 0 Å². The zero-order valence-electron chi connectivity index (χ0n) is 16.6. The van der Waals surface area contributed by atoms with E-state index in [1.807, 2.05) is 42.5 Å². The Balaban J connectivity index is 1.62. The van der Waals surface area contributed by atoms with Gasteiger partial charge < -0.3 is 20.5 Å². The van der Waals surface area contributed by atoms with E-state index in [-0.39, 0.29) is 11.3 Å². The lowest BCUT2D eigenvalue weighted by Gasteiger charge is -2.22. The quantitative estimate of drug-likeness (QED) is 0.565. The lowest BCUT2D eigenvalue weighted by atomic mass is 10.1. The summed E-state index contributed by atoms with van der Waals surface area (Å²) < 4.78 is 6.70. The first-order chi connectivity index (χ1) is 15.0. The molecule has 4 rings (SSSR count). The SMILES string of the molecule is COc1ccc(NC(=O)c2cnn3c2NC(C(=O)O)=CC3/C=C/c2ccccc2)cc1. The average molecular weight is 416 g/mol. The van der Waals surface area contributed by atoms with Gasteiger partial charge in [-0.2, -0.15) is 5.10 Å². The number of nitrogens with zero attached hydrogens (tertiary/aromatic N) is 2. The minimum Gasteiger partial charge on any atom is -0.497 e. The summed E-state index contributed by atoms with van der Waals surface area (Å²) in [5, 5.41) is 19.4. The molecular formula is C23H20N4O4. The van der Waals surface area contributed by atoms with Crippen LogP contribution in [-0.2, 0) is 4.79 Å². The van der Waals surface area contributed by atoms with Crippen molar-refractivity contribution in [2.45, 2.75) is 6.04 Å². The molecule has 1 atom stereocenters. The maximum atomic E-state index is 12.8. The maximum Gasteiger partial charge on any atom is 0.352 e. The Labute approximate surface area is 178 Å². The average Bonchev–Trinajstić information content (AvgIpc) is 3.23. The second-order valence-electron chi connectivity index (χ2n) is 6.80. The van der Waals surface area contributed by atoms with Crippen molar-refractivity contribution >= 4 is 29.5 Å². The molecule has 0 saturated carbocycles. The second kappa shape index (κ2) is 8.58. The summed E-state index contributed by atoms with van der Waals surface area (Å²) >= 11 is 0. The van der Waals surface area contributed by atoms with Crippen LogP contribution in [0.1, 0.15) is 22.0 Å². The van der Waals surface area contributed by atoms with Gasteiger partial charge in [0.25, 0.3) is 5.91 Å². The molecule has 1 unspecified atom stereocenters. The van der Waals surface area contributed by atoms with Crippen LogP contribution in [-0.4, -0.2) is 33.9 Å². The number of allylic oxidation sites excluding steroid dienone is 2. The number of carbonyl (C=O) groups is 2. The van der Waals surface area contributed by atoms with Crippen molar-refractivity contribution in [3.8, 4) is 5.75 Å². The van der Waals surface area contributed by atoms with Crippen LogP contribution in [0.5, 0.6) is 5.75 Å². The summed E-state index contributed by atoms with van der Waals surface area (Å²) in [6, 6.07) is 16.1. The van der Waals surface area contributed by atoms with Gasteiger partial charge in [-0.1, -0.05) is 42.5 Å². The fourth-order valence-corrected chi connectivity index (χ4v) is 3.20. The van der Waals surface area contributed by atoms with Crippen LogP contribution >= 0.6 is 0 Å². The number of anilines is 2. The smallest absolute Gasteiger partial charge is 0.352 e. The number of carboxylic acid groups (broad SMARTS) is 1. The van der Waals surface area contributed by atoms with E-state index in [9.17, 15) is 14.7 Å². The first kappa shape index (κ1) is 20.0. The highest BCUT2D eigenvalue weighted by Crippen LogP contribution is 2.30. The van der Waals surface area contributed by atoms with Crippen LogP contribution in [0.4, 0.5) is 11.5 Å². The van der Waals surface area contributed by atoms with E-state index >= 15 is 0 Å². The molecule has 1 amide bonds. The zero-order valence-corrected chi connectivity index (χ0v) is 16.6. The van der Waals surface area contributed by atoms with Crippen molar-refractivity contribution in [2.24, 2.45) is 0 Å². The number of hydrogen-bond donors (Lipinski definition) is 3. The van der Waals surface area contributed by atoms with Crippen molar-refractivity contribution in [3.63, 3.8) is 0 Å². The lowest BCUT2D eigenvalue weighted by molar-refractivity contribution is -0.132. The Morgan fingerprint density at radius 3 is 2.58 bits per heavy atom. The van der Waals surface area contributed by atoms with E-state index in [1.54, 1.807) is 42.1 Å². The Kier molecular flexibility index (Phi) is 5.53. The van der Waals surface area contributed by atoms with Gasteiger partial charge in [-0.3, -0.25) is 4.79 Å². The molecule has 3 aromatic rings. The van der Waals surface area contributed by atoms with Crippen LogP contribution in [0.3, 0.4) is 0 Å². The molecule has 31 heavy (non-hydrogen) atoms. The number of ether oxygens (including phenoxy) is 1. The Bertz CT molecular complexity index is 1160. The zero-order chi connectivity index (χ0) is 21.8. The lowest BCUT2D eigenvalue weighted by Crippen LogP contribution is -2.24. The predicted molar refractivity (Wildman–Crippen MR) is 117 cm³/mol. The third kappa shape index (κ3) is 4.32. The van der Waals surface area contributed by atoms with Crippen molar-refractivity contribution in [3.05, 3.63) is 89.8 Å². The van der Waals surface area contributed by atoms with Crippen LogP contribution in [0.15, 0.2) is 78.6 Å². The molecule has 0 bridgehead atoms. The van der Waals surface area contributed by atoms with Gasteiger partial charge in [-0.05, 0) is 35.9 Å². The third-order valence-electron chi connectivity index (χ3n) is 4.78. The number of rotatable bonds is 6. The highest BCUT2D eigenvalue weighted by Gasteiger charge is 2.27. The molecule has 2 heterocycles. The number of fused-ring (bicyclic) bond motifs is 1. The number of carbonyl (C=O) groups excluding carboxylic acids is 1. The van der Waals surface area contributed by atoms with Crippen molar-refractivity contribution < 1.29 is 19.4 Å². The Hall–Kier alpha value is -4.33. The number of methoxy groups -OCH3 is 1. The van der Waals surface area contributed by atoms with Crippen molar-refractivity contribution in [2.75, 3.05) is 17.7 Å². The molecule has 0 saturated heterocycles. The molecule has 156 valence electrons. The monoisotopic (exact) mass is 416 g/mol. The molecule has 1 aliphatic heterocycles. The fourth-order valence-electron chi connectivity index (χ4n) is 3.20. The highest BCUT2D eigenvalue weighted by molar-refractivity contribution is 6.08. The van der Waals surface area contributed by atoms with Gasteiger partial charge in [0.15, 0.2) is 0 Å². The predicted octanol–water partition coefficient (Wildman–Crippen LogP) is 3.79. The number of amides is 1. The summed E-state index contributed by atoms with van der Waals surface area (Å²) in [5.74, 6) is -0.538. The molecule has 3 N–H and O–H groups in total. The summed E-state index contributed by atoms with van der Waals surface area (Å²) in [6.07, 6.45) is 6.69. The number of aliphatic carboxylic acids is 1. The first-order valence-corrected chi connectivity index (χ1v) is 9.53. The van der Waals surface area contributed by atoms with E-state index in [0.717, 1.165) is 5.56 Å². The third-order valence-corrected chi connectivity index (χ3v) is 4.78. The summed E-state index contributed by atoms with van der Waals surface area (Å²) in [4.78, 5) is 24.5. The van der Waals surface area contributed by atoms with Crippen LogP contribution < -0.4 is 15.4 Å². The van der Waals surface area contributed by atoms with Crippen molar-refractivity contribution in [1.29, 1.82) is 0 Å². The first-order valence-electron chi connectivity index (χ1n) is 9.53. The van der Waals surface area contributed by atoms with Gasteiger partial charge in [0.2, 0.25) is 0 Å². The van der Waals surface area contributed by atoms with Crippen molar-refractivity contribution in [1.82, 2.24) is 9.78 Å². The number of aromatic nitrogens is 2. The minimum atomic E-state index is -1.12. The summed E-state index contributed by atoms with van der Waals surface area (Å²) in [6.45, 7) is 0. The summed E-state index contributed by atoms with van der Waals surface area (Å²) in [7, 11) is 1.56. The number of carboxylic acids is 1. The Morgan fingerprint density at radius 2 is 1.90 bits per heavy atom. The number of hydrogen-bond acceptors (Lipinski definition) is 5. The van der Waals surface area contributed by atoms with Gasteiger partial charge >= 0.3 is 5.97 Å². The molecule has 2 aromatic carbocycles. The van der Waals surface area contributed by atoms with Gasteiger partial charge in [-0.25, -0.2) is 9.48 Å². The largest absolute Gasteiger partial charge is 0.497 e. The second-order valence-corrected chi connectivity index (χ2v) is 6.80. The normalized spacial score (nSPS) is 15.0. The topological polar surface area (TPSA) is 105 Å². The van der Waals surface area contributed by atoms with Crippen LogP contribution in [0, 0.1) is 0 Å². The highest BCUT2D eigenvalue weighted by atomic mass is 16.5. The van der Waals surface area contributed by atoms with Gasteiger partial charge in [0.1, 0.15) is 22.8 Å². The van der Waals surface area contributed by atoms with E-state index < -0.39 is 17.9 Å². The minimum absolute atomic E-state index is 0.0193. The maximum absolute atomic E-state index is 12.8. The van der Waals surface area contributed by atoms with E-state index in [4.69, 9.17) is 4.74 Å². The van der Waals surface area contributed by atoms with Gasteiger partial charge in [0, 0.05) is 5.69 Å². The number of benzene rings is 2. The molecule has 8 heteroatoms. The molecule has 8 nitrogen and oxygen atoms in total. The van der Waals surface area contributed by atoms with E-state index in [0.29, 0.717) is 17.3 Å². The van der Waals surface area contributed by atoms with E-state index in [1.165, 1.54) is 6.20 Å². The molecule has 0 radical (unpaired) electrons. The van der Waals surface area contributed by atoms with Crippen LogP contribution in [0.25, 0.3) is 6.08 Å². The summed E-state index contributed by atoms with van der Waals surface area (Å²) in [5.41, 5.74) is 1.77. The Morgan fingerprint density at radius 1 is 1.16 bits per heavy atom. The fraction of sp³-hybridized carbons (Fsp3) is 0.0870. The standard InChI is InChI=1S/C23H20N4O4/c1-31-18-11-8-16(9-12-18)25-22(28)19-14-24-27-17(10-7-15-5-3-2-4-6-15)13-20(23(29)30)26-21(19)27/h2-14,17,26H,1H3,(H,25,28)(H,29,30)/b10-7+. The van der Waals surface area contributed by atoms with E-state index in [2.05, 4.69) is 15.7 Å². The molecular weight excluding hydrogens is 396 g/mol. The molecule has 0 fully saturated rings.